The van der Waals surface area contributed by atoms with Crippen LogP contribution in [0.3, 0.4) is 0 Å². The minimum atomic E-state index is -0.459. The first kappa shape index (κ1) is 80.0. The molecule has 0 saturated carbocycles. The van der Waals surface area contributed by atoms with Crippen LogP contribution in [0.2, 0.25) is 0 Å². The van der Waals surface area contributed by atoms with Gasteiger partial charge in [-0.25, -0.2) is 0 Å². The number of ether oxygens (including phenoxy) is 24. The maximum atomic E-state index is 11.4. The molecule has 0 saturated heterocycles. The summed E-state index contributed by atoms with van der Waals surface area (Å²) in [4.78, 5) is 22.3. The third-order valence-corrected chi connectivity index (χ3v) is 10.4. The maximum absolute atomic E-state index is 11.4. The van der Waals surface area contributed by atoms with E-state index < -0.39 is 17.7 Å². The van der Waals surface area contributed by atoms with Crippen molar-refractivity contribution in [2.45, 2.75) is 19.3 Å². The molecule has 0 aliphatic heterocycles. The summed E-state index contributed by atoms with van der Waals surface area (Å²) in [5, 5.41) is 0. The van der Waals surface area contributed by atoms with Gasteiger partial charge in [-0.2, -0.15) is 0 Å². The highest BCUT2D eigenvalue weighted by Gasteiger charge is 2.16. The number of rotatable bonds is 76. The van der Waals surface area contributed by atoms with Gasteiger partial charge in [-0.3, -0.25) is 9.59 Å². The molecule has 0 rings (SSSR count). The highest BCUT2D eigenvalue weighted by molar-refractivity contribution is 5.78. The Bertz CT molecular complexity index is 1230. The fourth-order valence-corrected chi connectivity index (χ4v) is 6.05. The summed E-state index contributed by atoms with van der Waals surface area (Å²) in [5.41, 5.74) is 10.5. The Balaban J connectivity index is 3.12. The van der Waals surface area contributed by atoms with Crippen LogP contribution in [0.25, 0.3) is 0 Å². The lowest BCUT2D eigenvalue weighted by atomic mass is 9.99. The average molecular weight is 1200 g/mol. The van der Waals surface area contributed by atoms with E-state index in [0.29, 0.717) is 323 Å². The first-order valence-corrected chi connectivity index (χ1v) is 28.9. The number of carbonyl (C=O) groups excluding carboxylic acids is 2. The molecule has 0 heterocycles. The zero-order valence-electron chi connectivity index (χ0n) is 49.7. The fourth-order valence-electron chi connectivity index (χ4n) is 6.05. The largest absolute Gasteiger partial charge is 0.382 e. The molecule has 4 N–H and O–H groups in total. The molecule has 0 radical (unpaired) electrons. The number of methoxy groups -OCH3 is 1. The minimum Gasteiger partial charge on any atom is -0.382 e. The molecule has 0 spiro atoms. The van der Waals surface area contributed by atoms with Gasteiger partial charge in [0.25, 0.3) is 0 Å². The molecule has 2 amide bonds. The topological polar surface area (TPSA) is 308 Å². The number of hydrogen-bond acceptors (Lipinski definition) is 26. The summed E-state index contributed by atoms with van der Waals surface area (Å²) in [6, 6.07) is 0. The summed E-state index contributed by atoms with van der Waals surface area (Å²) < 4.78 is 131. The molecule has 0 aromatic heterocycles. The van der Waals surface area contributed by atoms with Crippen LogP contribution in [-0.4, -0.2) is 329 Å². The Hall–Kier alpha value is -2.02. The van der Waals surface area contributed by atoms with Crippen LogP contribution >= 0.6 is 0 Å². The Morgan fingerprint density at radius 2 is 0.354 bits per heavy atom. The van der Waals surface area contributed by atoms with Crippen molar-refractivity contribution >= 4 is 11.8 Å². The Morgan fingerprint density at radius 3 is 0.476 bits per heavy atom. The second-order valence-corrected chi connectivity index (χ2v) is 17.0. The van der Waals surface area contributed by atoms with Gasteiger partial charge in [-0.05, 0) is 12.8 Å². The van der Waals surface area contributed by atoms with Crippen molar-refractivity contribution in [1.82, 2.24) is 0 Å². The minimum absolute atomic E-state index is 0.123. The van der Waals surface area contributed by atoms with Crippen molar-refractivity contribution in [1.29, 1.82) is 0 Å². The monoisotopic (exact) mass is 1200 g/mol. The van der Waals surface area contributed by atoms with Crippen LogP contribution in [0, 0.1) is 5.92 Å². The number of primary amides is 2. The van der Waals surface area contributed by atoms with Gasteiger partial charge in [-0.1, -0.05) is 0 Å². The number of amides is 2. The summed E-state index contributed by atoms with van der Waals surface area (Å²) in [5.74, 6) is -1.35. The molecule has 0 aliphatic carbocycles. The van der Waals surface area contributed by atoms with Crippen LogP contribution in [0.4, 0.5) is 0 Å². The predicted molar refractivity (Wildman–Crippen MR) is 296 cm³/mol. The predicted octanol–water partition coefficient (Wildman–Crippen LogP) is -0.228. The molecule has 28 heteroatoms. The van der Waals surface area contributed by atoms with Crippen molar-refractivity contribution in [3.05, 3.63) is 0 Å². The van der Waals surface area contributed by atoms with E-state index in [2.05, 4.69) is 0 Å². The molecule has 82 heavy (non-hydrogen) atoms. The van der Waals surface area contributed by atoms with Gasteiger partial charge in [0.1, 0.15) is 0 Å². The Kier molecular flexibility index (Phi) is 71.4. The first-order valence-electron chi connectivity index (χ1n) is 28.9. The highest BCUT2D eigenvalue weighted by Crippen LogP contribution is 2.10. The molecule has 0 aliphatic rings. The van der Waals surface area contributed by atoms with E-state index >= 15 is 0 Å². The van der Waals surface area contributed by atoms with Crippen LogP contribution < -0.4 is 11.5 Å². The van der Waals surface area contributed by atoms with E-state index in [9.17, 15) is 9.59 Å². The van der Waals surface area contributed by atoms with Crippen LogP contribution in [0.1, 0.15) is 19.3 Å². The van der Waals surface area contributed by atoms with E-state index in [1.807, 2.05) is 0 Å². The van der Waals surface area contributed by atoms with Crippen molar-refractivity contribution in [3.63, 3.8) is 0 Å². The smallest absolute Gasteiger partial charge is 0.220 e. The number of hydrogen-bond donors (Lipinski definition) is 2. The fraction of sp³-hybridized carbons (Fsp3) is 0.963. The second-order valence-electron chi connectivity index (χ2n) is 17.0. The number of nitrogens with two attached hydrogens (primary N) is 2. The second kappa shape index (κ2) is 73.2. The van der Waals surface area contributed by atoms with Crippen molar-refractivity contribution in [2.75, 3.05) is 318 Å². The third kappa shape index (κ3) is 72.2. The van der Waals surface area contributed by atoms with E-state index in [1.54, 1.807) is 7.11 Å². The average Bonchev–Trinajstić information content (AvgIpc) is 3.47. The Morgan fingerprint density at radius 1 is 0.220 bits per heavy atom. The van der Waals surface area contributed by atoms with E-state index in [4.69, 9.17) is 125 Å². The molecule has 28 nitrogen and oxygen atoms in total. The maximum Gasteiger partial charge on any atom is 0.220 e. The van der Waals surface area contributed by atoms with Gasteiger partial charge in [0.15, 0.2) is 0 Å². The van der Waals surface area contributed by atoms with Gasteiger partial charge < -0.3 is 125 Å². The third-order valence-electron chi connectivity index (χ3n) is 10.4. The lowest BCUT2D eigenvalue weighted by Crippen LogP contribution is -2.26. The lowest BCUT2D eigenvalue weighted by Gasteiger charge is -2.12. The standard InChI is InChI=1S/C54H108N2O26/c1-59-6-7-61-10-11-63-14-15-65-18-19-67-22-23-69-26-27-71-30-31-73-34-35-75-38-39-77-42-43-79-46-47-81-50-51-82-49-48-80-45-44-78-41-40-76-37-36-74-33-32-72-29-28-70-25-24-68-21-20-66-17-16-64-13-12-62-9-8-60-5-4-52(54(56)58)2-3-53(55)57/h52H,2-51H2,1H3,(H2,55,57)(H2,56,58). The molecular weight excluding hydrogens is 1090 g/mol. The normalized spacial score (nSPS) is 12.1. The van der Waals surface area contributed by atoms with E-state index in [-0.39, 0.29) is 6.42 Å². The molecule has 490 valence electrons. The van der Waals surface area contributed by atoms with Gasteiger partial charge in [0, 0.05) is 26.1 Å². The van der Waals surface area contributed by atoms with Crippen LogP contribution in [0.15, 0.2) is 0 Å². The molecule has 0 aromatic rings. The summed E-state index contributed by atoms with van der Waals surface area (Å²) in [6.07, 6.45) is 0.893. The zero-order valence-corrected chi connectivity index (χ0v) is 49.7. The lowest BCUT2D eigenvalue weighted by molar-refractivity contribution is -0.123. The summed E-state index contributed by atoms with van der Waals surface area (Å²) in [6.45, 7) is 22.6. The van der Waals surface area contributed by atoms with Gasteiger partial charge in [0.2, 0.25) is 11.8 Å². The SMILES string of the molecule is COCCOCCOCCOCCOCCOCCOCCOCCOCCOCCOCCOCCOCCOCCOCCOCCOCCOCCOCCOCCOCCOCCOCCOCCC(CCC(N)=O)C(N)=O. The number of carbonyl (C=O) groups is 2. The van der Waals surface area contributed by atoms with Crippen LogP contribution in [0.5, 0.6) is 0 Å². The van der Waals surface area contributed by atoms with Crippen molar-refractivity contribution in [2.24, 2.45) is 17.4 Å². The summed E-state index contributed by atoms with van der Waals surface area (Å²) >= 11 is 0. The molecule has 0 aromatic carbocycles. The van der Waals surface area contributed by atoms with Crippen molar-refractivity contribution < 1.29 is 123 Å². The first-order chi connectivity index (χ1) is 40.6. The highest BCUT2D eigenvalue weighted by atomic mass is 16.6. The zero-order chi connectivity index (χ0) is 59.1. The quantitative estimate of drug-likeness (QED) is 0.0743. The molecule has 1 unspecified atom stereocenters. The molecule has 0 bridgehead atoms. The molecule has 0 fully saturated rings. The van der Waals surface area contributed by atoms with Gasteiger partial charge in [0.05, 0.1) is 304 Å². The van der Waals surface area contributed by atoms with Crippen molar-refractivity contribution in [3.8, 4) is 0 Å². The van der Waals surface area contributed by atoms with Gasteiger partial charge >= 0.3 is 0 Å². The Labute approximate surface area is 488 Å². The molecule has 1 atom stereocenters. The summed E-state index contributed by atoms with van der Waals surface area (Å²) in [7, 11) is 1.64. The van der Waals surface area contributed by atoms with E-state index in [0.717, 1.165) is 0 Å². The van der Waals surface area contributed by atoms with E-state index in [1.165, 1.54) is 0 Å². The van der Waals surface area contributed by atoms with Gasteiger partial charge in [-0.15, -0.1) is 0 Å². The molecular formula is C54H108N2O26. The van der Waals surface area contributed by atoms with Crippen LogP contribution in [-0.2, 0) is 123 Å².